The first kappa shape index (κ1) is 17.1. The molecule has 3 heteroatoms. The molecule has 0 aliphatic carbocycles. The van der Waals surface area contributed by atoms with E-state index in [1.165, 1.54) is 23.8 Å². The number of fused-ring (bicyclic) bond motifs is 1. The fourth-order valence-corrected chi connectivity index (χ4v) is 3.44. The van der Waals surface area contributed by atoms with Crippen molar-refractivity contribution in [2.24, 2.45) is 0 Å². The first-order valence-electron chi connectivity index (χ1n) is 9.06. The second-order valence-electron chi connectivity index (χ2n) is 6.57. The Bertz CT molecular complexity index is 975. The molecule has 0 N–H and O–H groups in total. The molecule has 0 unspecified atom stereocenters. The summed E-state index contributed by atoms with van der Waals surface area (Å²) in [6.07, 6.45) is 5.17. The number of ether oxygens (including phenoxy) is 1. The van der Waals surface area contributed by atoms with Crippen LogP contribution in [0.5, 0.6) is 0 Å². The van der Waals surface area contributed by atoms with E-state index in [0.29, 0.717) is 5.56 Å². The molecule has 1 aliphatic rings. The third-order valence-electron chi connectivity index (χ3n) is 4.87. The van der Waals surface area contributed by atoms with E-state index in [2.05, 4.69) is 53.5 Å². The highest BCUT2D eigenvalue weighted by molar-refractivity contribution is 5.90. The second kappa shape index (κ2) is 7.50. The molecule has 0 saturated carbocycles. The summed E-state index contributed by atoms with van der Waals surface area (Å²) >= 11 is 0. The Hall–Kier alpha value is -3.33. The maximum atomic E-state index is 11.7. The van der Waals surface area contributed by atoms with Crippen LogP contribution >= 0.6 is 0 Å². The van der Waals surface area contributed by atoms with Crippen LogP contribution in [-0.4, -0.2) is 19.6 Å². The number of nitrogens with zero attached hydrogens (tertiary/aromatic N) is 1. The van der Waals surface area contributed by atoms with E-state index in [9.17, 15) is 4.79 Å². The van der Waals surface area contributed by atoms with Gasteiger partial charge in [-0.1, -0.05) is 54.6 Å². The molecule has 1 heterocycles. The monoisotopic (exact) mass is 355 g/mol. The van der Waals surface area contributed by atoms with Crippen LogP contribution in [-0.2, 0) is 11.2 Å². The van der Waals surface area contributed by atoms with Crippen LogP contribution in [0.3, 0.4) is 0 Å². The molecule has 0 atom stereocenters. The van der Waals surface area contributed by atoms with E-state index >= 15 is 0 Å². The first-order chi connectivity index (χ1) is 13.2. The minimum Gasteiger partial charge on any atom is -0.465 e. The molecule has 4 rings (SSSR count). The zero-order chi connectivity index (χ0) is 18.6. The van der Waals surface area contributed by atoms with Crippen molar-refractivity contribution < 1.29 is 9.53 Å². The van der Waals surface area contributed by atoms with Crippen molar-refractivity contribution in [3.63, 3.8) is 0 Å². The van der Waals surface area contributed by atoms with Gasteiger partial charge in [0, 0.05) is 17.9 Å². The molecular weight excluding hydrogens is 334 g/mol. The lowest BCUT2D eigenvalue weighted by atomic mass is 10.1. The smallest absolute Gasteiger partial charge is 0.337 e. The average Bonchev–Trinajstić information content (AvgIpc) is 3.16. The lowest BCUT2D eigenvalue weighted by Gasteiger charge is -2.20. The fourth-order valence-electron chi connectivity index (χ4n) is 3.44. The number of benzene rings is 3. The molecule has 0 bridgehead atoms. The Kier molecular flexibility index (Phi) is 4.75. The van der Waals surface area contributed by atoms with Crippen molar-refractivity contribution in [3.05, 3.63) is 95.1 Å². The molecule has 134 valence electrons. The van der Waals surface area contributed by atoms with Crippen LogP contribution in [0.15, 0.2) is 72.8 Å². The highest BCUT2D eigenvalue weighted by atomic mass is 16.5. The van der Waals surface area contributed by atoms with Crippen LogP contribution in [0.1, 0.15) is 27.0 Å². The molecular formula is C24H21NO2. The molecule has 3 aromatic rings. The summed E-state index contributed by atoms with van der Waals surface area (Å²) in [6.45, 7) is 0.916. The van der Waals surface area contributed by atoms with E-state index in [1.54, 1.807) is 0 Å². The predicted molar refractivity (Wildman–Crippen MR) is 110 cm³/mol. The fraction of sp³-hybridized carbons (Fsp3) is 0.125. The van der Waals surface area contributed by atoms with E-state index in [4.69, 9.17) is 4.74 Å². The third kappa shape index (κ3) is 3.63. The molecule has 0 radical (unpaired) electrons. The van der Waals surface area contributed by atoms with Crippen molar-refractivity contribution in [3.8, 4) is 0 Å². The number of carbonyl (C=O) groups excluding carboxylic acids is 1. The molecule has 0 spiro atoms. The van der Waals surface area contributed by atoms with Gasteiger partial charge in [-0.25, -0.2) is 4.79 Å². The maximum absolute atomic E-state index is 11.7. The Morgan fingerprint density at radius 3 is 2.33 bits per heavy atom. The normalized spacial score (nSPS) is 13.0. The molecule has 0 aromatic heterocycles. The van der Waals surface area contributed by atoms with Gasteiger partial charge in [0.05, 0.1) is 12.7 Å². The largest absolute Gasteiger partial charge is 0.465 e. The van der Waals surface area contributed by atoms with Gasteiger partial charge in [0.2, 0.25) is 0 Å². The number of hydrogen-bond acceptors (Lipinski definition) is 3. The molecule has 27 heavy (non-hydrogen) atoms. The van der Waals surface area contributed by atoms with Crippen LogP contribution < -0.4 is 4.90 Å². The number of methoxy groups -OCH3 is 1. The standard InChI is InChI=1S/C24H21NO2/c1-27-24(26)21-11-14-23-20(17-21)15-16-25(23)22-12-9-19(10-13-22)8-7-18-5-3-2-4-6-18/h2-14,17H,15-16H2,1H3/b8-7+. The van der Waals surface area contributed by atoms with Gasteiger partial charge >= 0.3 is 5.97 Å². The molecule has 1 aliphatic heterocycles. The lowest BCUT2D eigenvalue weighted by Crippen LogP contribution is -2.13. The van der Waals surface area contributed by atoms with Crippen molar-refractivity contribution in [1.82, 2.24) is 0 Å². The van der Waals surface area contributed by atoms with Crippen LogP contribution in [0, 0.1) is 0 Å². The zero-order valence-corrected chi connectivity index (χ0v) is 15.3. The number of carbonyl (C=O) groups is 1. The SMILES string of the molecule is COC(=O)c1ccc2c(c1)CCN2c1ccc(/C=C/c2ccccc2)cc1. The highest BCUT2D eigenvalue weighted by Crippen LogP contribution is 2.35. The average molecular weight is 355 g/mol. The predicted octanol–water partition coefficient (Wildman–Crippen LogP) is 5.34. The number of hydrogen-bond donors (Lipinski definition) is 0. The summed E-state index contributed by atoms with van der Waals surface area (Å²) < 4.78 is 4.82. The Morgan fingerprint density at radius 1 is 0.926 bits per heavy atom. The van der Waals surface area contributed by atoms with Crippen molar-refractivity contribution in [2.75, 3.05) is 18.6 Å². The Morgan fingerprint density at radius 2 is 1.63 bits per heavy atom. The van der Waals surface area contributed by atoms with E-state index in [0.717, 1.165) is 24.3 Å². The highest BCUT2D eigenvalue weighted by Gasteiger charge is 2.21. The Labute approximate surface area is 159 Å². The number of anilines is 2. The summed E-state index contributed by atoms with van der Waals surface area (Å²) in [5, 5.41) is 0. The molecule has 0 amide bonds. The third-order valence-corrected chi connectivity index (χ3v) is 4.87. The minimum atomic E-state index is -0.286. The summed E-state index contributed by atoms with van der Waals surface area (Å²) in [4.78, 5) is 14.0. The van der Waals surface area contributed by atoms with Gasteiger partial charge in [-0.05, 0) is 53.4 Å². The van der Waals surface area contributed by atoms with E-state index in [1.807, 2.05) is 36.4 Å². The van der Waals surface area contributed by atoms with Gasteiger partial charge in [0.15, 0.2) is 0 Å². The summed E-state index contributed by atoms with van der Waals surface area (Å²) in [6, 6.07) is 24.6. The topological polar surface area (TPSA) is 29.5 Å². The van der Waals surface area contributed by atoms with Gasteiger partial charge < -0.3 is 9.64 Å². The van der Waals surface area contributed by atoms with Gasteiger partial charge in [-0.2, -0.15) is 0 Å². The van der Waals surface area contributed by atoms with Crippen molar-refractivity contribution in [1.29, 1.82) is 0 Å². The second-order valence-corrected chi connectivity index (χ2v) is 6.57. The quantitative estimate of drug-likeness (QED) is 0.467. The van der Waals surface area contributed by atoms with Crippen molar-refractivity contribution in [2.45, 2.75) is 6.42 Å². The molecule has 3 aromatic carbocycles. The van der Waals surface area contributed by atoms with Gasteiger partial charge in [-0.3, -0.25) is 0 Å². The summed E-state index contributed by atoms with van der Waals surface area (Å²) in [7, 11) is 1.41. The zero-order valence-electron chi connectivity index (χ0n) is 15.3. The van der Waals surface area contributed by atoms with E-state index < -0.39 is 0 Å². The van der Waals surface area contributed by atoms with Crippen LogP contribution in [0.4, 0.5) is 11.4 Å². The molecule has 0 saturated heterocycles. The molecule has 0 fully saturated rings. The first-order valence-corrected chi connectivity index (χ1v) is 9.06. The van der Waals surface area contributed by atoms with E-state index in [-0.39, 0.29) is 5.97 Å². The molecule has 3 nitrogen and oxygen atoms in total. The van der Waals surface area contributed by atoms with Crippen LogP contribution in [0.25, 0.3) is 12.2 Å². The van der Waals surface area contributed by atoms with Crippen molar-refractivity contribution >= 4 is 29.5 Å². The van der Waals surface area contributed by atoms with Gasteiger partial charge in [-0.15, -0.1) is 0 Å². The number of rotatable bonds is 4. The number of esters is 1. The lowest BCUT2D eigenvalue weighted by molar-refractivity contribution is 0.0600. The maximum Gasteiger partial charge on any atom is 0.337 e. The summed E-state index contributed by atoms with van der Waals surface area (Å²) in [5.41, 5.74) is 6.48. The van der Waals surface area contributed by atoms with Crippen LogP contribution in [0.2, 0.25) is 0 Å². The Balaban J connectivity index is 1.52. The summed E-state index contributed by atoms with van der Waals surface area (Å²) in [5.74, 6) is -0.286. The van der Waals surface area contributed by atoms with Gasteiger partial charge in [0.25, 0.3) is 0 Å². The minimum absolute atomic E-state index is 0.286. The van der Waals surface area contributed by atoms with Gasteiger partial charge in [0.1, 0.15) is 0 Å².